The molecule has 2 aliphatic carbocycles. The number of likely N-dealkylation sites (N-methyl/N-ethyl adjacent to an activating group) is 1. The van der Waals surface area contributed by atoms with Gasteiger partial charge in [0, 0.05) is 68.8 Å². The molecule has 1 N–H and O–H groups in total. The van der Waals surface area contributed by atoms with Gasteiger partial charge in [-0.05, 0) is 89.0 Å². The molecule has 0 aromatic heterocycles. The molecule has 3 heterocycles. The summed E-state index contributed by atoms with van der Waals surface area (Å²) in [5.74, 6) is -0.291. The Hall–Kier alpha value is -2.20. The lowest BCUT2D eigenvalue weighted by atomic mass is 9.74. The Balaban J connectivity index is 1.32. The van der Waals surface area contributed by atoms with Crippen LogP contribution in [0.4, 0.5) is 0 Å². The third kappa shape index (κ3) is 7.38. The van der Waals surface area contributed by atoms with E-state index in [9.17, 15) is 19.5 Å². The number of hydrogen-bond acceptors (Lipinski definition) is 6. The molecular weight excluding hydrogens is 614 g/mol. The van der Waals surface area contributed by atoms with Gasteiger partial charge in [-0.25, -0.2) is 0 Å². The van der Waals surface area contributed by atoms with E-state index in [1.54, 1.807) is 0 Å². The van der Waals surface area contributed by atoms with E-state index in [4.69, 9.17) is 11.6 Å². The SMILES string of the molecule is CN1CCN(C(=O)[C@H]2C[C@H](N(C(=O)C(C)(C)CO)C3CCC(C)(C)CC3)CN2C(=O)[C@@H]2CN(C3CC3)C[C@H]2c2ccc(Cl)cc2)CC1. The quantitative estimate of drug-likeness (QED) is 0.449. The molecule has 10 heteroatoms. The zero-order chi connectivity index (χ0) is 33.7. The third-order valence-corrected chi connectivity index (χ3v) is 12.2. The molecule has 47 heavy (non-hydrogen) atoms. The monoisotopic (exact) mass is 669 g/mol. The Morgan fingerprint density at radius 3 is 2.15 bits per heavy atom. The second-order valence-corrected chi connectivity index (χ2v) is 17.1. The van der Waals surface area contributed by atoms with Gasteiger partial charge in [-0.15, -0.1) is 0 Å². The van der Waals surface area contributed by atoms with Gasteiger partial charge in [-0.2, -0.15) is 0 Å². The Kier molecular flexibility index (Phi) is 10.0. The van der Waals surface area contributed by atoms with Crippen LogP contribution in [0, 0.1) is 16.7 Å². The maximum Gasteiger partial charge on any atom is 0.245 e. The molecule has 3 saturated heterocycles. The first-order valence-corrected chi connectivity index (χ1v) is 18.4. The highest BCUT2D eigenvalue weighted by molar-refractivity contribution is 6.30. The molecule has 0 spiro atoms. The van der Waals surface area contributed by atoms with Crippen LogP contribution in [0.3, 0.4) is 0 Å². The average Bonchev–Trinajstić information content (AvgIpc) is 3.66. The predicted octanol–water partition coefficient (Wildman–Crippen LogP) is 4.08. The summed E-state index contributed by atoms with van der Waals surface area (Å²) in [7, 11) is 2.07. The van der Waals surface area contributed by atoms with E-state index >= 15 is 0 Å². The fourth-order valence-corrected chi connectivity index (χ4v) is 8.65. The molecule has 2 saturated carbocycles. The zero-order valence-corrected chi connectivity index (χ0v) is 29.9. The fourth-order valence-electron chi connectivity index (χ4n) is 8.52. The number of rotatable bonds is 8. The van der Waals surface area contributed by atoms with Crippen LogP contribution in [0.5, 0.6) is 0 Å². The molecular formula is C37H56ClN5O4. The molecule has 1 aromatic carbocycles. The van der Waals surface area contributed by atoms with E-state index < -0.39 is 11.5 Å². The first-order chi connectivity index (χ1) is 22.3. The molecule has 1 aromatic rings. The van der Waals surface area contributed by atoms with Gasteiger partial charge in [-0.1, -0.05) is 37.6 Å². The summed E-state index contributed by atoms with van der Waals surface area (Å²) >= 11 is 6.26. The summed E-state index contributed by atoms with van der Waals surface area (Å²) in [6.45, 7) is 12.7. The summed E-state index contributed by atoms with van der Waals surface area (Å²) in [6.07, 6.45) is 6.58. The first-order valence-electron chi connectivity index (χ1n) is 18.0. The van der Waals surface area contributed by atoms with Crippen molar-refractivity contribution in [1.29, 1.82) is 0 Å². The number of halogens is 1. The lowest BCUT2D eigenvalue weighted by Gasteiger charge is -2.45. The van der Waals surface area contributed by atoms with Crippen molar-refractivity contribution in [3.05, 3.63) is 34.9 Å². The lowest BCUT2D eigenvalue weighted by molar-refractivity contribution is -0.149. The largest absolute Gasteiger partial charge is 0.395 e. The van der Waals surface area contributed by atoms with Crippen LogP contribution in [0.15, 0.2) is 24.3 Å². The second kappa shape index (κ2) is 13.6. The van der Waals surface area contributed by atoms with E-state index in [1.807, 2.05) is 52.8 Å². The molecule has 9 nitrogen and oxygen atoms in total. The van der Waals surface area contributed by atoms with E-state index in [-0.39, 0.29) is 53.7 Å². The van der Waals surface area contributed by atoms with Gasteiger partial charge < -0.3 is 24.7 Å². The van der Waals surface area contributed by atoms with Crippen LogP contribution in [0.1, 0.15) is 84.1 Å². The Labute approximate surface area is 286 Å². The van der Waals surface area contributed by atoms with Crippen LogP contribution in [-0.2, 0) is 14.4 Å². The Morgan fingerprint density at radius 2 is 1.55 bits per heavy atom. The molecule has 3 aliphatic heterocycles. The Morgan fingerprint density at radius 1 is 0.915 bits per heavy atom. The highest BCUT2D eigenvalue weighted by Crippen LogP contribution is 2.43. The predicted molar refractivity (Wildman–Crippen MR) is 184 cm³/mol. The normalized spacial score (nSPS) is 29.3. The topological polar surface area (TPSA) is 87.6 Å². The van der Waals surface area contributed by atoms with Crippen LogP contribution in [-0.4, -0.2) is 131 Å². The summed E-state index contributed by atoms with van der Waals surface area (Å²) in [5, 5.41) is 11.0. The summed E-state index contributed by atoms with van der Waals surface area (Å²) in [6, 6.07) is 7.57. The van der Waals surface area contributed by atoms with Gasteiger partial charge in [0.15, 0.2) is 0 Å². The van der Waals surface area contributed by atoms with Crippen LogP contribution >= 0.6 is 11.6 Å². The molecule has 260 valence electrons. The number of carbonyl (C=O) groups is 3. The van der Waals surface area contributed by atoms with Crippen LogP contribution in [0.25, 0.3) is 0 Å². The van der Waals surface area contributed by atoms with Crippen LogP contribution in [0.2, 0.25) is 5.02 Å². The number of amides is 3. The molecule has 4 atom stereocenters. The number of aliphatic hydroxyl groups excluding tert-OH is 1. The number of hydrogen-bond donors (Lipinski definition) is 1. The minimum absolute atomic E-state index is 0.00707. The van der Waals surface area contributed by atoms with E-state index in [0.29, 0.717) is 43.7 Å². The molecule has 0 bridgehead atoms. The molecule has 0 unspecified atom stereocenters. The van der Waals surface area contributed by atoms with Gasteiger partial charge in [-0.3, -0.25) is 19.3 Å². The van der Waals surface area contributed by atoms with Crippen LogP contribution < -0.4 is 0 Å². The number of benzene rings is 1. The molecule has 3 amide bonds. The number of carbonyl (C=O) groups excluding carboxylic acids is 3. The molecule has 5 fully saturated rings. The average molecular weight is 670 g/mol. The standard InChI is InChI=1S/C37H56ClN5O4/c1-36(2)14-12-28(13-15-36)43(35(47)37(3,4)24-44)29-20-32(34(46)40-18-16-39(5)17-19-40)42(21-29)33(45)31-23-41(27-10-11-27)22-30(31)25-6-8-26(38)9-7-25/h6-9,27-32,44H,10-24H2,1-5H3/t29-,30-,31+,32+/m0/s1. The van der Waals surface area contributed by atoms with E-state index in [1.165, 1.54) is 12.8 Å². The number of piperazine rings is 1. The molecule has 5 aliphatic rings. The summed E-state index contributed by atoms with van der Waals surface area (Å²) in [4.78, 5) is 54.2. The van der Waals surface area contributed by atoms with Crippen molar-refractivity contribution in [1.82, 2.24) is 24.5 Å². The van der Waals surface area contributed by atoms with Crippen molar-refractivity contribution in [3.63, 3.8) is 0 Å². The van der Waals surface area contributed by atoms with Gasteiger partial charge in [0.25, 0.3) is 0 Å². The maximum atomic E-state index is 14.9. The molecule has 6 rings (SSSR count). The fraction of sp³-hybridized carbons (Fsp3) is 0.757. The zero-order valence-electron chi connectivity index (χ0n) is 29.2. The highest BCUT2D eigenvalue weighted by atomic mass is 35.5. The maximum absolute atomic E-state index is 14.9. The third-order valence-electron chi connectivity index (χ3n) is 12.0. The molecule has 0 radical (unpaired) electrons. The van der Waals surface area contributed by atoms with Gasteiger partial charge in [0.05, 0.1) is 24.0 Å². The highest BCUT2D eigenvalue weighted by Gasteiger charge is 2.52. The van der Waals surface area contributed by atoms with Crippen molar-refractivity contribution in [2.75, 3.05) is 59.5 Å². The second-order valence-electron chi connectivity index (χ2n) is 16.6. The lowest BCUT2D eigenvalue weighted by Crippen LogP contribution is -2.55. The van der Waals surface area contributed by atoms with Gasteiger partial charge in [0.1, 0.15) is 6.04 Å². The van der Waals surface area contributed by atoms with Gasteiger partial charge >= 0.3 is 0 Å². The first kappa shape index (κ1) is 34.7. The number of nitrogens with zero attached hydrogens (tertiary/aromatic N) is 5. The van der Waals surface area contributed by atoms with Crippen molar-refractivity contribution < 1.29 is 19.5 Å². The van der Waals surface area contributed by atoms with Gasteiger partial charge in [0.2, 0.25) is 17.7 Å². The minimum atomic E-state index is -0.947. The number of likely N-dealkylation sites (tertiary alicyclic amines) is 2. The summed E-state index contributed by atoms with van der Waals surface area (Å²) < 4.78 is 0. The van der Waals surface area contributed by atoms with Crippen molar-refractivity contribution in [2.24, 2.45) is 16.7 Å². The van der Waals surface area contributed by atoms with Crippen molar-refractivity contribution >= 4 is 29.3 Å². The van der Waals surface area contributed by atoms with E-state index in [0.717, 1.165) is 50.9 Å². The number of aliphatic hydroxyl groups is 1. The van der Waals surface area contributed by atoms with Crippen molar-refractivity contribution in [2.45, 2.75) is 103 Å². The summed E-state index contributed by atoms with van der Waals surface area (Å²) in [5.41, 5.74) is 0.388. The minimum Gasteiger partial charge on any atom is -0.395 e. The smallest absolute Gasteiger partial charge is 0.245 e. The van der Waals surface area contributed by atoms with E-state index in [2.05, 4.69) is 30.7 Å². The van der Waals surface area contributed by atoms with Crippen molar-refractivity contribution in [3.8, 4) is 0 Å². The Bertz CT molecular complexity index is 1300.